The maximum absolute atomic E-state index is 11.6. The van der Waals surface area contributed by atoms with Crippen molar-refractivity contribution < 1.29 is 0 Å². The van der Waals surface area contributed by atoms with Gasteiger partial charge in [0.1, 0.15) is 0 Å². The molecule has 0 spiro atoms. The number of anilines is 1. The van der Waals surface area contributed by atoms with E-state index in [0.717, 1.165) is 31.5 Å². The summed E-state index contributed by atoms with van der Waals surface area (Å²) in [5.74, 6) is -0.206. The summed E-state index contributed by atoms with van der Waals surface area (Å²) in [4.78, 5) is 14.2. The fraction of sp³-hybridized carbons (Fsp3) is 0.125. The van der Waals surface area contributed by atoms with Gasteiger partial charge in [-0.05, 0) is 56.5 Å². The quantitative estimate of drug-likeness (QED) is 0.724. The van der Waals surface area contributed by atoms with Gasteiger partial charge in [0.05, 0.1) is 11.6 Å². The lowest BCUT2D eigenvalue weighted by Crippen LogP contribution is -2.20. The molecule has 2 aromatic rings. The van der Waals surface area contributed by atoms with Gasteiger partial charge in [0.25, 0.3) is 0 Å². The lowest BCUT2D eigenvalue weighted by atomic mass is 9.82. The van der Waals surface area contributed by atoms with E-state index in [1.807, 2.05) is 25.1 Å². The van der Waals surface area contributed by atoms with E-state index in [0.29, 0.717) is 5.57 Å². The van der Waals surface area contributed by atoms with E-state index in [-0.39, 0.29) is 11.5 Å². The molecule has 0 saturated carbocycles. The van der Waals surface area contributed by atoms with Gasteiger partial charge < -0.3 is 10.3 Å². The molecule has 0 aliphatic carbocycles. The van der Waals surface area contributed by atoms with Crippen molar-refractivity contribution in [3.63, 3.8) is 0 Å². The van der Waals surface area contributed by atoms with E-state index >= 15 is 0 Å². The van der Waals surface area contributed by atoms with Crippen molar-refractivity contribution in [2.45, 2.75) is 12.8 Å². The lowest BCUT2D eigenvalue weighted by molar-refractivity contribution is 0.921. The molecule has 0 radical (unpaired) electrons. The van der Waals surface area contributed by atoms with Gasteiger partial charge in [-0.25, -0.2) is 0 Å². The standard InChI is InChI=1S/C16H11Br2N3O/c1-8-10(6-19)16(9-2-3-12(17)13(18)4-9)11-7-20-15(22)5-14(11)21-8/h2-5,7,16,21H,1H3,(H,20,22). The Kier molecular flexibility index (Phi) is 3.94. The van der Waals surface area contributed by atoms with Crippen molar-refractivity contribution in [2.24, 2.45) is 0 Å². The Hall–Kier alpha value is -1.84. The fourth-order valence-electron chi connectivity index (χ4n) is 2.66. The number of halogens is 2. The highest BCUT2D eigenvalue weighted by Gasteiger charge is 2.28. The van der Waals surface area contributed by atoms with E-state index in [9.17, 15) is 10.1 Å². The first-order valence-corrected chi connectivity index (χ1v) is 8.15. The van der Waals surface area contributed by atoms with Crippen LogP contribution in [-0.2, 0) is 0 Å². The molecule has 0 saturated heterocycles. The molecule has 1 aromatic carbocycles. The smallest absolute Gasteiger partial charge is 0.250 e. The van der Waals surface area contributed by atoms with Gasteiger partial charge in [-0.3, -0.25) is 4.79 Å². The van der Waals surface area contributed by atoms with Crippen molar-refractivity contribution in [2.75, 3.05) is 5.32 Å². The van der Waals surface area contributed by atoms with E-state index in [1.54, 1.807) is 6.20 Å². The molecule has 2 N–H and O–H groups in total. The van der Waals surface area contributed by atoms with Crippen LogP contribution >= 0.6 is 31.9 Å². The number of nitriles is 1. The van der Waals surface area contributed by atoms with Crippen LogP contribution in [0.15, 0.2) is 55.5 Å². The van der Waals surface area contributed by atoms with Crippen LogP contribution in [0.2, 0.25) is 0 Å². The number of allylic oxidation sites excluding steroid dienone is 2. The second kappa shape index (κ2) is 5.75. The van der Waals surface area contributed by atoms with E-state index in [1.165, 1.54) is 6.07 Å². The van der Waals surface area contributed by atoms with Crippen molar-refractivity contribution in [3.05, 3.63) is 72.2 Å². The van der Waals surface area contributed by atoms with Gasteiger partial charge in [0, 0.05) is 44.1 Å². The average Bonchev–Trinajstić information content (AvgIpc) is 2.48. The highest BCUT2D eigenvalue weighted by molar-refractivity contribution is 9.13. The molecule has 1 aromatic heterocycles. The molecule has 4 nitrogen and oxygen atoms in total. The number of benzene rings is 1. The fourth-order valence-corrected chi connectivity index (χ4v) is 3.30. The molecule has 0 amide bonds. The number of aromatic amines is 1. The first-order valence-electron chi connectivity index (χ1n) is 6.56. The van der Waals surface area contributed by atoms with Crippen molar-refractivity contribution in [1.82, 2.24) is 4.98 Å². The number of aromatic nitrogens is 1. The first kappa shape index (κ1) is 15.1. The summed E-state index contributed by atoms with van der Waals surface area (Å²) in [5, 5.41) is 12.7. The largest absolute Gasteiger partial charge is 0.358 e. The molecule has 2 heterocycles. The molecule has 3 rings (SSSR count). The minimum atomic E-state index is -0.206. The number of rotatable bonds is 1. The van der Waals surface area contributed by atoms with Crippen LogP contribution in [0, 0.1) is 11.3 Å². The third-order valence-corrected chi connectivity index (χ3v) is 5.56. The van der Waals surface area contributed by atoms with E-state index in [4.69, 9.17) is 0 Å². The average molecular weight is 421 g/mol. The van der Waals surface area contributed by atoms with Crippen LogP contribution in [0.25, 0.3) is 0 Å². The molecule has 1 unspecified atom stereocenters. The minimum Gasteiger partial charge on any atom is -0.358 e. The third-order valence-electron chi connectivity index (χ3n) is 3.68. The van der Waals surface area contributed by atoms with Crippen LogP contribution in [0.1, 0.15) is 24.0 Å². The molecular weight excluding hydrogens is 410 g/mol. The number of nitrogens with one attached hydrogen (secondary N) is 2. The van der Waals surface area contributed by atoms with Gasteiger partial charge >= 0.3 is 0 Å². The molecule has 6 heteroatoms. The molecule has 0 fully saturated rings. The van der Waals surface area contributed by atoms with Crippen molar-refractivity contribution >= 4 is 37.5 Å². The Morgan fingerprint density at radius 3 is 2.68 bits per heavy atom. The minimum absolute atomic E-state index is 0.171. The summed E-state index contributed by atoms with van der Waals surface area (Å²) in [7, 11) is 0. The lowest BCUT2D eigenvalue weighted by Gasteiger charge is -2.27. The molecule has 110 valence electrons. The Bertz CT molecular complexity index is 893. The summed E-state index contributed by atoms with van der Waals surface area (Å²) < 4.78 is 1.87. The zero-order valence-electron chi connectivity index (χ0n) is 11.6. The zero-order valence-corrected chi connectivity index (χ0v) is 14.7. The van der Waals surface area contributed by atoms with Crippen LogP contribution in [0.4, 0.5) is 5.69 Å². The molecule has 22 heavy (non-hydrogen) atoms. The van der Waals surface area contributed by atoms with Crippen LogP contribution in [-0.4, -0.2) is 4.98 Å². The SMILES string of the molecule is CC1=C(C#N)C(c2ccc(Br)c(Br)c2)c2c[nH]c(=O)cc2N1. The van der Waals surface area contributed by atoms with Gasteiger partial charge in [-0.15, -0.1) is 0 Å². The van der Waals surface area contributed by atoms with Crippen molar-refractivity contribution in [3.8, 4) is 6.07 Å². The summed E-state index contributed by atoms with van der Waals surface area (Å²) in [5.41, 5.74) is 3.86. The highest BCUT2D eigenvalue weighted by Crippen LogP contribution is 2.41. The first-order chi connectivity index (χ1) is 10.5. The third kappa shape index (κ3) is 2.51. The normalized spacial score (nSPS) is 16.7. The van der Waals surface area contributed by atoms with Gasteiger partial charge in [0.15, 0.2) is 0 Å². The number of fused-ring (bicyclic) bond motifs is 1. The summed E-state index contributed by atoms with van der Waals surface area (Å²) in [6.45, 7) is 1.85. The second-order valence-corrected chi connectivity index (χ2v) is 6.76. The van der Waals surface area contributed by atoms with Gasteiger partial charge in [-0.2, -0.15) is 5.26 Å². The molecule has 1 aliphatic rings. The van der Waals surface area contributed by atoms with Crippen LogP contribution < -0.4 is 10.9 Å². The number of hydrogen-bond donors (Lipinski definition) is 2. The molecule has 0 bridgehead atoms. The van der Waals surface area contributed by atoms with Crippen LogP contribution in [0.3, 0.4) is 0 Å². The molecule has 1 atom stereocenters. The number of pyridine rings is 1. The number of nitrogens with zero attached hydrogens (tertiary/aromatic N) is 1. The topological polar surface area (TPSA) is 68.7 Å². The Labute approximate surface area is 144 Å². The molecule has 1 aliphatic heterocycles. The summed E-state index contributed by atoms with van der Waals surface area (Å²) in [6.07, 6.45) is 1.68. The summed E-state index contributed by atoms with van der Waals surface area (Å²) in [6, 6.07) is 9.72. The monoisotopic (exact) mass is 419 g/mol. The van der Waals surface area contributed by atoms with E-state index < -0.39 is 0 Å². The number of H-pyrrole nitrogens is 1. The maximum atomic E-state index is 11.6. The molecular formula is C16H11Br2N3O. The highest BCUT2D eigenvalue weighted by atomic mass is 79.9. The van der Waals surface area contributed by atoms with Gasteiger partial charge in [0.2, 0.25) is 5.56 Å². The number of hydrogen-bond acceptors (Lipinski definition) is 3. The van der Waals surface area contributed by atoms with Gasteiger partial charge in [-0.1, -0.05) is 6.07 Å². The Morgan fingerprint density at radius 1 is 1.23 bits per heavy atom. The van der Waals surface area contributed by atoms with E-state index in [2.05, 4.69) is 48.2 Å². The summed E-state index contributed by atoms with van der Waals surface area (Å²) >= 11 is 6.96. The predicted octanol–water partition coefficient (Wildman–Crippen LogP) is 4.25. The van der Waals surface area contributed by atoms with Crippen molar-refractivity contribution in [1.29, 1.82) is 5.26 Å². The Balaban J connectivity index is 2.25. The Morgan fingerprint density at radius 2 is 2.00 bits per heavy atom. The van der Waals surface area contributed by atoms with Crippen LogP contribution in [0.5, 0.6) is 0 Å². The second-order valence-electron chi connectivity index (χ2n) is 5.05. The predicted molar refractivity (Wildman–Crippen MR) is 92.7 cm³/mol. The maximum Gasteiger partial charge on any atom is 0.250 e. The zero-order chi connectivity index (χ0) is 15.9.